The molecule has 2 heterocycles. The van der Waals surface area contributed by atoms with Gasteiger partial charge in [-0.25, -0.2) is 4.79 Å². The van der Waals surface area contributed by atoms with E-state index in [1.165, 1.54) is 0 Å². The lowest BCUT2D eigenvalue weighted by molar-refractivity contribution is -0.187. The molecule has 0 amide bonds. The summed E-state index contributed by atoms with van der Waals surface area (Å²) in [6, 6.07) is 0. The Morgan fingerprint density at radius 3 is 2.68 bits per heavy atom. The molecule has 0 radical (unpaired) electrons. The van der Waals surface area contributed by atoms with E-state index >= 15 is 0 Å². The molecule has 2 aliphatic carbocycles. The lowest BCUT2D eigenvalue weighted by Crippen LogP contribution is -2.59. The quantitative estimate of drug-likeness (QED) is 0.506. The van der Waals surface area contributed by atoms with Gasteiger partial charge in [0.05, 0.1) is 11.5 Å². The van der Waals surface area contributed by atoms with Gasteiger partial charge in [0, 0.05) is 17.9 Å². The largest absolute Gasteiger partial charge is 0.457 e. The van der Waals surface area contributed by atoms with E-state index in [0.717, 1.165) is 12.8 Å². The number of carbonyl (C=O) groups is 2. The van der Waals surface area contributed by atoms with Gasteiger partial charge in [-0.2, -0.15) is 0 Å². The third kappa shape index (κ3) is 1.38. The molecule has 2 saturated carbocycles. The number of fused-ring (bicyclic) bond motifs is 2. The molecular weight excluding hydrogens is 284 g/mol. The number of ketones is 1. The summed E-state index contributed by atoms with van der Waals surface area (Å²) in [7, 11) is 0. The van der Waals surface area contributed by atoms with Crippen LogP contribution < -0.4 is 0 Å². The maximum Gasteiger partial charge on any atom is 0.334 e. The van der Waals surface area contributed by atoms with Crippen molar-refractivity contribution < 1.29 is 23.8 Å². The number of Topliss-reactive ketones (excluding diaryl/α,β-unsaturated/α-hetero) is 1. The molecule has 2 aliphatic heterocycles. The number of carbonyl (C=O) groups excluding carboxylic acids is 2. The lowest BCUT2D eigenvalue weighted by atomic mass is 9.64. The topological polar surface area (TPSA) is 61.8 Å². The van der Waals surface area contributed by atoms with Crippen molar-refractivity contribution >= 4 is 11.8 Å². The van der Waals surface area contributed by atoms with E-state index in [9.17, 15) is 9.59 Å². The number of ether oxygens (including phenoxy) is 3. The SMILES string of the molecule is C=C1C(=O)O[C@@H]2[C@H]1CC[C@H](C)[C@]13OC(C)O[C@H]1CC(=O)[C@@]23C. The average molecular weight is 306 g/mol. The third-order valence-corrected chi connectivity index (χ3v) is 6.48. The van der Waals surface area contributed by atoms with Crippen molar-refractivity contribution in [3.05, 3.63) is 12.2 Å². The van der Waals surface area contributed by atoms with Crippen LogP contribution in [-0.2, 0) is 23.8 Å². The van der Waals surface area contributed by atoms with Crippen LogP contribution in [0.3, 0.4) is 0 Å². The first-order chi connectivity index (χ1) is 10.3. The van der Waals surface area contributed by atoms with Gasteiger partial charge < -0.3 is 14.2 Å². The molecule has 0 aromatic heterocycles. The minimum atomic E-state index is -0.863. The molecule has 4 rings (SSSR count). The second-order valence-corrected chi connectivity index (χ2v) is 7.37. The van der Waals surface area contributed by atoms with Crippen molar-refractivity contribution in [3.8, 4) is 0 Å². The molecule has 4 aliphatic rings. The molecule has 0 aromatic carbocycles. The highest BCUT2D eigenvalue weighted by atomic mass is 16.7. The minimum Gasteiger partial charge on any atom is -0.457 e. The van der Waals surface area contributed by atoms with Gasteiger partial charge in [0.1, 0.15) is 17.5 Å². The van der Waals surface area contributed by atoms with E-state index in [4.69, 9.17) is 14.2 Å². The van der Waals surface area contributed by atoms with Crippen LogP contribution in [0, 0.1) is 17.3 Å². The first-order valence-corrected chi connectivity index (χ1v) is 8.08. The normalized spacial score (nSPS) is 53.8. The van der Waals surface area contributed by atoms with Crippen LogP contribution in [0.4, 0.5) is 0 Å². The van der Waals surface area contributed by atoms with Crippen LogP contribution >= 0.6 is 0 Å². The summed E-state index contributed by atoms with van der Waals surface area (Å²) >= 11 is 0. The van der Waals surface area contributed by atoms with Crippen LogP contribution in [0.1, 0.15) is 40.0 Å². The standard InChI is InChI=1S/C17H22O5/c1-8-5-6-11-9(2)15(19)21-14(11)16(4)12(18)7-13-17(8,16)22-10(3)20-13/h8,10-11,13-14H,2,5-7H2,1,3-4H3/t8-,10?,11-,13-,14+,16-,17-/m0/s1. The molecule has 120 valence electrons. The first kappa shape index (κ1) is 14.4. The molecule has 5 nitrogen and oxygen atoms in total. The Bertz CT molecular complexity index is 584. The van der Waals surface area contributed by atoms with Gasteiger partial charge in [-0.1, -0.05) is 13.5 Å². The fourth-order valence-corrected chi connectivity index (χ4v) is 5.39. The maximum atomic E-state index is 12.9. The molecule has 7 atom stereocenters. The summed E-state index contributed by atoms with van der Waals surface area (Å²) in [4.78, 5) is 24.9. The third-order valence-electron chi connectivity index (χ3n) is 6.48. The molecule has 4 fully saturated rings. The predicted molar refractivity (Wildman–Crippen MR) is 76.8 cm³/mol. The van der Waals surface area contributed by atoms with Crippen molar-refractivity contribution in [2.24, 2.45) is 17.3 Å². The van der Waals surface area contributed by atoms with Crippen LogP contribution in [0.15, 0.2) is 12.2 Å². The number of esters is 1. The van der Waals surface area contributed by atoms with E-state index in [2.05, 4.69) is 13.5 Å². The van der Waals surface area contributed by atoms with Crippen molar-refractivity contribution in [1.82, 2.24) is 0 Å². The van der Waals surface area contributed by atoms with Crippen molar-refractivity contribution in [2.75, 3.05) is 0 Å². The van der Waals surface area contributed by atoms with Crippen LogP contribution in [0.25, 0.3) is 0 Å². The molecule has 0 N–H and O–H groups in total. The van der Waals surface area contributed by atoms with E-state index in [1.54, 1.807) is 0 Å². The van der Waals surface area contributed by atoms with Gasteiger partial charge in [0.15, 0.2) is 6.29 Å². The van der Waals surface area contributed by atoms with E-state index in [0.29, 0.717) is 12.0 Å². The van der Waals surface area contributed by atoms with Gasteiger partial charge in [-0.15, -0.1) is 0 Å². The molecule has 0 aromatic rings. The summed E-state index contributed by atoms with van der Waals surface area (Å²) in [6.07, 6.45) is 0.929. The summed E-state index contributed by atoms with van der Waals surface area (Å²) in [5.41, 5.74) is -1.06. The lowest BCUT2D eigenvalue weighted by Gasteiger charge is -2.45. The molecule has 22 heavy (non-hydrogen) atoms. The highest BCUT2D eigenvalue weighted by Crippen LogP contribution is 2.63. The Morgan fingerprint density at radius 1 is 1.23 bits per heavy atom. The van der Waals surface area contributed by atoms with Gasteiger partial charge >= 0.3 is 5.97 Å². The van der Waals surface area contributed by atoms with Crippen LogP contribution in [-0.4, -0.2) is 35.9 Å². The van der Waals surface area contributed by atoms with Crippen molar-refractivity contribution in [1.29, 1.82) is 0 Å². The Labute approximate surface area is 130 Å². The number of hydrogen-bond donors (Lipinski definition) is 0. The Morgan fingerprint density at radius 2 is 1.95 bits per heavy atom. The monoisotopic (exact) mass is 306 g/mol. The predicted octanol–water partition coefficient (Wildman–Crippen LogP) is 1.99. The van der Waals surface area contributed by atoms with E-state index in [-0.39, 0.29) is 36.0 Å². The fourth-order valence-electron chi connectivity index (χ4n) is 5.39. The molecule has 1 unspecified atom stereocenters. The maximum absolute atomic E-state index is 12.9. The van der Waals surface area contributed by atoms with Crippen LogP contribution in [0.2, 0.25) is 0 Å². The fraction of sp³-hybridized carbons (Fsp3) is 0.765. The van der Waals surface area contributed by atoms with Gasteiger partial charge in [-0.3, -0.25) is 4.79 Å². The highest BCUT2D eigenvalue weighted by molar-refractivity contribution is 5.95. The first-order valence-electron chi connectivity index (χ1n) is 8.08. The number of hydrogen-bond acceptors (Lipinski definition) is 5. The zero-order valence-corrected chi connectivity index (χ0v) is 13.3. The van der Waals surface area contributed by atoms with E-state index in [1.807, 2.05) is 13.8 Å². The molecular formula is C17H22O5. The molecule has 2 saturated heterocycles. The highest BCUT2D eigenvalue weighted by Gasteiger charge is 2.76. The average Bonchev–Trinajstić information content (AvgIpc) is 2.98. The second-order valence-electron chi connectivity index (χ2n) is 7.37. The van der Waals surface area contributed by atoms with Gasteiger partial charge in [0.2, 0.25) is 0 Å². The summed E-state index contributed by atoms with van der Waals surface area (Å²) in [5.74, 6) is -0.225. The Kier molecular flexibility index (Phi) is 2.75. The van der Waals surface area contributed by atoms with Crippen molar-refractivity contribution in [3.63, 3.8) is 0 Å². The number of rotatable bonds is 0. The van der Waals surface area contributed by atoms with E-state index < -0.39 is 17.1 Å². The molecule has 5 heteroatoms. The van der Waals surface area contributed by atoms with Crippen molar-refractivity contribution in [2.45, 2.75) is 64.1 Å². The Hall–Kier alpha value is -1.20. The second kappa shape index (κ2) is 4.20. The molecule has 1 spiro atoms. The van der Waals surface area contributed by atoms with Crippen LogP contribution in [0.5, 0.6) is 0 Å². The van der Waals surface area contributed by atoms with Gasteiger partial charge in [0.25, 0.3) is 0 Å². The summed E-state index contributed by atoms with van der Waals surface area (Å²) in [6.45, 7) is 9.79. The Balaban J connectivity index is 1.90. The minimum absolute atomic E-state index is 0.0793. The van der Waals surface area contributed by atoms with Gasteiger partial charge in [-0.05, 0) is 32.6 Å². The smallest absolute Gasteiger partial charge is 0.334 e. The zero-order chi connectivity index (χ0) is 15.9. The molecule has 0 bridgehead atoms. The summed E-state index contributed by atoms with van der Waals surface area (Å²) < 4.78 is 17.8. The summed E-state index contributed by atoms with van der Waals surface area (Å²) in [5, 5.41) is 0. The zero-order valence-electron chi connectivity index (χ0n) is 13.3.